The lowest BCUT2D eigenvalue weighted by atomic mass is 9.77. The van der Waals surface area contributed by atoms with Crippen LogP contribution in [0.25, 0.3) is 11.1 Å². The summed E-state index contributed by atoms with van der Waals surface area (Å²) in [5.41, 5.74) is -0.366. The van der Waals surface area contributed by atoms with Crippen molar-refractivity contribution >= 4 is 0 Å². The third-order valence-corrected chi connectivity index (χ3v) is 7.42. The topological polar surface area (TPSA) is 18.5 Å². The average molecular weight is 603 g/mol. The quantitative estimate of drug-likeness (QED) is 0.170. The van der Waals surface area contributed by atoms with Crippen molar-refractivity contribution in [3.63, 3.8) is 0 Å². The lowest BCUT2D eigenvalue weighted by molar-refractivity contribution is -0.189. The van der Waals surface area contributed by atoms with E-state index in [1.54, 1.807) is 12.1 Å². The number of benzene rings is 3. The molecule has 0 N–H and O–H groups in total. The molecule has 1 aliphatic rings. The van der Waals surface area contributed by atoms with Gasteiger partial charge in [0, 0.05) is 12.1 Å². The van der Waals surface area contributed by atoms with Gasteiger partial charge in [-0.05, 0) is 66.3 Å². The first-order valence-electron chi connectivity index (χ1n) is 13.4. The Morgan fingerprint density at radius 1 is 0.786 bits per heavy atom. The Balaban J connectivity index is 1.49. The van der Waals surface area contributed by atoms with Crippen LogP contribution in [0.5, 0.6) is 11.5 Å². The fourth-order valence-corrected chi connectivity index (χ4v) is 5.26. The number of unbranched alkanes of at least 4 members (excludes halogenated alkanes) is 1. The Bertz CT molecular complexity index is 1380. The van der Waals surface area contributed by atoms with Crippen LogP contribution in [0.3, 0.4) is 0 Å². The lowest BCUT2D eigenvalue weighted by Gasteiger charge is -2.29. The number of hydrogen-bond donors (Lipinski definition) is 0. The van der Waals surface area contributed by atoms with Gasteiger partial charge in [-0.1, -0.05) is 50.5 Å². The SMILES string of the molecule is CCCCC1CCC(c2ccc(-c3cc(F)c(C(F)(F)Oc4cc(F)c(OC(F)=C(F)F)c(F)c4)c(F)c3)cc2)CC1. The van der Waals surface area contributed by atoms with Crippen LogP contribution in [0.15, 0.2) is 60.6 Å². The van der Waals surface area contributed by atoms with Crippen molar-refractivity contribution in [2.45, 2.75) is 63.9 Å². The molecule has 42 heavy (non-hydrogen) atoms. The largest absolute Gasteiger partial charge is 0.432 e. The zero-order chi connectivity index (χ0) is 30.6. The van der Waals surface area contributed by atoms with Gasteiger partial charge in [-0.3, -0.25) is 0 Å². The minimum atomic E-state index is -4.76. The van der Waals surface area contributed by atoms with Crippen LogP contribution in [0.2, 0.25) is 0 Å². The van der Waals surface area contributed by atoms with Gasteiger partial charge in [-0.15, -0.1) is 0 Å². The van der Waals surface area contributed by atoms with Gasteiger partial charge >= 0.3 is 18.2 Å². The Morgan fingerprint density at radius 3 is 1.88 bits per heavy atom. The normalized spacial score (nSPS) is 17.2. The zero-order valence-electron chi connectivity index (χ0n) is 22.4. The minimum Gasteiger partial charge on any atom is -0.429 e. The summed E-state index contributed by atoms with van der Waals surface area (Å²) in [5.74, 6) is -8.97. The van der Waals surface area contributed by atoms with E-state index >= 15 is 0 Å². The lowest BCUT2D eigenvalue weighted by Crippen LogP contribution is -2.25. The standard InChI is InChI=1S/C31H27F9O2/c1-2-3-4-17-5-7-18(8-6-17)19-9-11-20(12-10-19)21-13-23(32)27(24(33)14-21)31(39,40)42-22-15-25(34)28(26(35)16-22)41-30(38)29(36)37/h9-18H,2-8H2,1H3. The summed E-state index contributed by atoms with van der Waals surface area (Å²) < 4.78 is 132. The van der Waals surface area contributed by atoms with Crippen LogP contribution >= 0.6 is 0 Å². The van der Waals surface area contributed by atoms with Crippen LogP contribution in [-0.4, -0.2) is 0 Å². The van der Waals surface area contributed by atoms with Gasteiger partial charge in [-0.25, -0.2) is 17.6 Å². The first-order chi connectivity index (χ1) is 19.9. The van der Waals surface area contributed by atoms with Crippen LogP contribution in [0.1, 0.15) is 68.9 Å². The monoisotopic (exact) mass is 602 g/mol. The van der Waals surface area contributed by atoms with Gasteiger partial charge in [0.15, 0.2) is 11.6 Å². The molecule has 0 saturated heterocycles. The molecule has 0 aliphatic heterocycles. The summed E-state index contributed by atoms with van der Waals surface area (Å²) in [6.45, 7) is 2.17. The summed E-state index contributed by atoms with van der Waals surface area (Å²) >= 11 is 0. The Hall–Kier alpha value is -3.63. The summed E-state index contributed by atoms with van der Waals surface area (Å²) in [5, 5.41) is 0. The number of hydrogen-bond acceptors (Lipinski definition) is 2. The summed E-state index contributed by atoms with van der Waals surface area (Å²) in [7, 11) is 0. The maximum absolute atomic E-state index is 14.8. The van der Waals surface area contributed by atoms with Crippen LogP contribution in [0.4, 0.5) is 39.5 Å². The average Bonchev–Trinajstić information content (AvgIpc) is 2.93. The number of rotatable bonds is 10. The highest BCUT2D eigenvalue weighted by molar-refractivity contribution is 5.64. The second-order valence-electron chi connectivity index (χ2n) is 10.3. The van der Waals surface area contributed by atoms with Crippen LogP contribution in [0, 0.1) is 29.2 Å². The highest BCUT2D eigenvalue weighted by Crippen LogP contribution is 2.40. The molecule has 4 rings (SSSR count). The molecule has 0 spiro atoms. The van der Waals surface area contributed by atoms with E-state index in [1.807, 2.05) is 12.1 Å². The van der Waals surface area contributed by atoms with Crippen LogP contribution < -0.4 is 9.47 Å². The van der Waals surface area contributed by atoms with Crippen molar-refractivity contribution < 1.29 is 49.0 Å². The van der Waals surface area contributed by atoms with Crippen molar-refractivity contribution in [1.29, 1.82) is 0 Å². The van der Waals surface area contributed by atoms with Gasteiger partial charge < -0.3 is 9.47 Å². The highest BCUT2D eigenvalue weighted by Gasteiger charge is 2.41. The smallest absolute Gasteiger partial charge is 0.429 e. The van der Waals surface area contributed by atoms with Crippen molar-refractivity contribution in [3.05, 3.63) is 95.0 Å². The molecule has 2 nitrogen and oxygen atoms in total. The third-order valence-electron chi connectivity index (χ3n) is 7.42. The van der Waals surface area contributed by atoms with E-state index in [2.05, 4.69) is 16.4 Å². The molecule has 3 aromatic rings. The molecule has 3 aromatic carbocycles. The van der Waals surface area contributed by atoms with E-state index in [0.29, 0.717) is 23.6 Å². The van der Waals surface area contributed by atoms with E-state index in [9.17, 15) is 39.5 Å². The molecule has 0 radical (unpaired) electrons. The zero-order valence-corrected chi connectivity index (χ0v) is 22.4. The van der Waals surface area contributed by atoms with E-state index in [4.69, 9.17) is 0 Å². The molecular weight excluding hydrogens is 575 g/mol. The summed E-state index contributed by atoms with van der Waals surface area (Å²) in [4.78, 5) is 0. The van der Waals surface area contributed by atoms with E-state index in [1.165, 1.54) is 19.3 Å². The maximum Gasteiger partial charge on any atom is 0.432 e. The van der Waals surface area contributed by atoms with E-state index in [-0.39, 0.29) is 17.7 Å². The molecule has 1 aliphatic carbocycles. The molecular formula is C31H27F9O2. The van der Waals surface area contributed by atoms with Gasteiger partial charge in [-0.2, -0.15) is 22.0 Å². The van der Waals surface area contributed by atoms with Crippen LogP contribution in [-0.2, 0) is 6.11 Å². The molecule has 1 saturated carbocycles. The van der Waals surface area contributed by atoms with Crippen molar-refractivity contribution in [3.8, 4) is 22.6 Å². The van der Waals surface area contributed by atoms with Gasteiger partial charge in [0.1, 0.15) is 22.9 Å². The predicted octanol–water partition coefficient (Wildman–Crippen LogP) is 10.9. The second-order valence-corrected chi connectivity index (χ2v) is 10.3. The highest BCUT2D eigenvalue weighted by atomic mass is 19.3. The Labute approximate surface area is 236 Å². The first kappa shape index (κ1) is 31.3. The van der Waals surface area contributed by atoms with Crippen molar-refractivity contribution in [2.75, 3.05) is 0 Å². The summed E-state index contributed by atoms with van der Waals surface area (Å²) in [6.07, 6.45) is 0.238. The molecule has 0 atom stereocenters. The summed E-state index contributed by atoms with van der Waals surface area (Å²) in [6, 6.07) is 5.88. The molecule has 11 heteroatoms. The van der Waals surface area contributed by atoms with Gasteiger partial charge in [0.05, 0.1) is 0 Å². The number of ether oxygens (including phenoxy) is 2. The molecule has 0 amide bonds. The Kier molecular flexibility index (Phi) is 9.78. The molecule has 0 unspecified atom stereocenters. The van der Waals surface area contributed by atoms with Gasteiger partial charge in [0.25, 0.3) is 0 Å². The fourth-order valence-electron chi connectivity index (χ4n) is 5.26. The predicted molar refractivity (Wildman–Crippen MR) is 138 cm³/mol. The fraction of sp³-hybridized carbons (Fsp3) is 0.355. The minimum absolute atomic E-state index is 0.0202. The maximum atomic E-state index is 14.8. The molecule has 1 fully saturated rings. The first-order valence-corrected chi connectivity index (χ1v) is 13.4. The van der Waals surface area contributed by atoms with Crippen molar-refractivity contribution in [1.82, 2.24) is 0 Å². The number of alkyl halides is 2. The second kappa shape index (κ2) is 13.1. The molecule has 0 heterocycles. The molecule has 226 valence electrons. The van der Waals surface area contributed by atoms with Crippen molar-refractivity contribution in [2.24, 2.45) is 5.92 Å². The molecule has 0 aromatic heterocycles. The van der Waals surface area contributed by atoms with Gasteiger partial charge in [0.2, 0.25) is 5.75 Å². The molecule has 0 bridgehead atoms. The van der Waals surface area contributed by atoms with E-state index < -0.39 is 58.5 Å². The number of halogens is 9. The Morgan fingerprint density at radius 2 is 1.36 bits per heavy atom. The third kappa shape index (κ3) is 7.22. The van der Waals surface area contributed by atoms with E-state index in [0.717, 1.165) is 37.2 Å².